The fourth-order valence-electron chi connectivity index (χ4n) is 2.50. The molecule has 0 bridgehead atoms. The summed E-state index contributed by atoms with van der Waals surface area (Å²) in [6.45, 7) is 1.22. The Labute approximate surface area is 123 Å². The molecular weight excluding hydrogens is 266 g/mol. The number of ether oxygens (including phenoxy) is 1. The number of carboxylic acid groups (broad SMARTS) is 1. The average Bonchev–Trinajstić information content (AvgIpc) is 2.70. The minimum atomic E-state index is -0.931. The molecule has 0 radical (unpaired) electrons. The van der Waals surface area contributed by atoms with Crippen LogP contribution < -0.4 is 10.1 Å². The van der Waals surface area contributed by atoms with E-state index in [1.807, 2.05) is 24.3 Å². The monoisotopic (exact) mass is 283 g/mol. The van der Waals surface area contributed by atoms with Crippen molar-refractivity contribution in [3.63, 3.8) is 0 Å². The maximum atomic E-state index is 11.0. The number of fused-ring (bicyclic) bond motifs is 1. The lowest BCUT2D eigenvalue weighted by molar-refractivity contribution is 0.0696. The van der Waals surface area contributed by atoms with Gasteiger partial charge in [0.25, 0.3) is 0 Å². The van der Waals surface area contributed by atoms with E-state index in [0.29, 0.717) is 18.9 Å². The molecule has 0 aliphatic carbocycles. The molecule has 4 nitrogen and oxygen atoms in total. The zero-order chi connectivity index (χ0) is 14.7. The largest absolute Gasteiger partial charge is 0.492 e. The Morgan fingerprint density at radius 3 is 2.81 bits per heavy atom. The molecule has 0 spiro atoms. The normalized spacial score (nSPS) is 17.4. The predicted octanol–water partition coefficient (Wildman–Crippen LogP) is 2.48. The number of benzene rings is 2. The van der Waals surface area contributed by atoms with Crippen LogP contribution >= 0.6 is 0 Å². The standard InChI is InChI=1S/C17H17NO3/c19-17(20)13-6-7-14-10-18-15(11-21-16(14)9-13)8-12-4-2-1-3-5-12/h1-7,9,15,18H,8,10-11H2,(H,19,20). The van der Waals surface area contributed by atoms with Gasteiger partial charge in [0, 0.05) is 18.2 Å². The van der Waals surface area contributed by atoms with Crippen molar-refractivity contribution < 1.29 is 14.6 Å². The average molecular weight is 283 g/mol. The molecule has 1 aliphatic rings. The quantitative estimate of drug-likeness (QED) is 0.908. The molecule has 0 amide bonds. The van der Waals surface area contributed by atoms with Crippen molar-refractivity contribution >= 4 is 5.97 Å². The number of hydrogen-bond acceptors (Lipinski definition) is 3. The molecule has 1 atom stereocenters. The van der Waals surface area contributed by atoms with Crippen molar-refractivity contribution in [2.75, 3.05) is 6.61 Å². The Kier molecular flexibility index (Phi) is 3.88. The number of aromatic carboxylic acids is 1. The number of carbonyl (C=O) groups is 1. The highest BCUT2D eigenvalue weighted by Gasteiger charge is 2.18. The summed E-state index contributed by atoms with van der Waals surface area (Å²) < 4.78 is 5.80. The van der Waals surface area contributed by atoms with Crippen LogP contribution in [0.25, 0.3) is 0 Å². The highest BCUT2D eigenvalue weighted by molar-refractivity contribution is 5.88. The van der Waals surface area contributed by atoms with Crippen molar-refractivity contribution in [1.82, 2.24) is 5.32 Å². The fraction of sp³-hybridized carbons (Fsp3) is 0.235. The third-order valence-corrected chi connectivity index (χ3v) is 3.66. The number of rotatable bonds is 3. The molecule has 0 saturated carbocycles. The van der Waals surface area contributed by atoms with E-state index in [2.05, 4.69) is 17.4 Å². The van der Waals surface area contributed by atoms with Gasteiger partial charge in [-0.3, -0.25) is 0 Å². The number of hydrogen-bond donors (Lipinski definition) is 2. The van der Waals surface area contributed by atoms with E-state index in [0.717, 1.165) is 12.0 Å². The first-order valence-electron chi connectivity index (χ1n) is 6.99. The van der Waals surface area contributed by atoms with Crippen molar-refractivity contribution in [2.24, 2.45) is 0 Å². The number of nitrogens with one attached hydrogen (secondary N) is 1. The SMILES string of the molecule is O=C(O)c1ccc2c(c1)OCC(Cc1ccccc1)NC2. The van der Waals surface area contributed by atoms with Crippen LogP contribution in [0.1, 0.15) is 21.5 Å². The molecule has 2 aromatic carbocycles. The van der Waals surface area contributed by atoms with Crippen LogP contribution in [0.15, 0.2) is 48.5 Å². The molecule has 4 heteroatoms. The first-order valence-corrected chi connectivity index (χ1v) is 6.99. The van der Waals surface area contributed by atoms with Gasteiger partial charge in [-0.15, -0.1) is 0 Å². The second kappa shape index (κ2) is 5.97. The third-order valence-electron chi connectivity index (χ3n) is 3.66. The van der Waals surface area contributed by atoms with E-state index in [1.165, 1.54) is 5.56 Å². The van der Waals surface area contributed by atoms with Crippen LogP contribution in [-0.4, -0.2) is 23.7 Å². The van der Waals surface area contributed by atoms with E-state index < -0.39 is 5.97 Å². The van der Waals surface area contributed by atoms with Gasteiger partial charge >= 0.3 is 5.97 Å². The fourth-order valence-corrected chi connectivity index (χ4v) is 2.50. The molecule has 21 heavy (non-hydrogen) atoms. The molecule has 0 saturated heterocycles. The van der Waals surface area contributed by atoms with E-state index in [1.54, 1.807) is 12.1 Å². The van der Waals surface area contributed by atoms with E-state index >= 15 is 0 Å². The zero-order valence-corrected chi connectivity index (χ0v) is 11.6. The Bertz CT molecular complexity index is 640. The molecule has 1 unspecified atom stereocenters. The van der Waals surface area contributed by atoms with Gasteiger partial charge in [0.1, 0.15) is 12.4 Å². The highest BCUT2D eigenvalue weighted by atomic mass is 16.5. The maximum Gasteiger partial charge on any atom is 0.335 e. The summed E-state index contributed by atoms with van der Waals surface area (Å²) in [4.78, 5) is 11.0. The lowest BCUT2D eigenvalue weighted by atomic mass is 10.1. The summed E-state index contributed by atoms with van der Waals surface area (Å²) in [7, 11) is 0. The molecule has 1 heterocycles. The predicted molar refractivity (Wildman–Crippen MR) is 79.7 cm³/mol. The van der Waals surface area contributed by atoms with Crippen LogP contribution in [0, 0.1) is 0 Å². The first kappa shape index (κ1) is 13.6. The number of carboxylic acids is 1. The van der Waals surface area contributed by atoms with Gasteiger partial charge in [-0.2, -0.15) is 0 Å². The Morgan fingerprint density at radius 2 is 2.05 bits per heavy atom. The van der Waals surface area contributed by atoms with Crippen LogP contribution in [0.4, 0.5) is 0 Å². The van der Waals surface area contributed by atoms with Gasteiger partial charge in [-0.25, -0.2) is 4.79 Å². The van der Waals surface area contributed by atoms with Crippen LogP contribution in [0.5, 0.6) is 5.75 Å². The van der Waals surface area contributed by atoms with Gasteiger partial charge in [-0.1, -0.05) is 36.4 Å². The highest BCUT2D eigenvalue weighted by Crippen LogP contribution is 2.23. The molecule has 1 aliphatic heterocycles. The Hall–Kier alpha value is -2.33. The molecular formula is C17H17NO3. The molecule has 2 aromatic rings. The van der Waals surface area contributed by atoms with E-state index in [9.17, 15) is 4.79 Å². The zero-order valence-electron chi connectivity index (χ0n) is 11.6. The van der Waals surface area contributed by atoms with Gasteiger partial charge in [0.15, 0.2) is 0 Å². The first-order chi connectivity index (χ1) is 10.2. The summed E-state index contributed by atoms with van der Waals surface area (Å²) >= 11 is 0. The molecule has 2 N–H and O–H groups in total. The van der Waals surface area contributed by atoms with E-state index in [4.69, 9.17) is 9.84 Å². The smallest absolute Gasteiger partial charge is 0.335 e. The van der Waals surface area contributed by atoms with Crippen molar-refractivity contribution in [3.8, 4) is 5.75 Å². The summed E-state index contributed by atoms with van der Waals surface area (Å²) in [6.07, 6.45) is 0.890. The molecule has 0 fully saturated rings. The van der Waals surface area contributed by atoms with Crippen molar-refractivity contribution in [2.45, 2.75) is 19.0 Å². The van der Waals surface area contributed by atoms with E-state index in [-0.39, 0.29) is 11.6 Å². The topological polar surface area (TPSA) is 58.6 Å². The lowest BCUT2D eigenvalue weighted by Crippen LogP contribution is -2.34. The molecule has 108 valence electrons. The Balaban J connectivity index is 1.72. The maximum absolute atomic E-state index is 11.0. The molecule has 3 rings (SSSR count). The van der Waals surface area contributed by atoms with Crippen LogP contribution in [0.3, 0.4) is 0 Å². The second-order valence-corrected chi connectivity index (χ2v) is 5.21. The van der Waals surface area contributed by atoms with Crippen molar-refractivity contribution in [1.29, 1.82) is 0 Å². The van der Waals surface area contributed by atoms with Crippen LogP contribution in [-0.2, 0) is 13.0 Å². The van der Waals surface area contributed by atoms with Crippen LogP contribution in [0.2, 0.25) is 0 Å². The minimum Gasteiger partial charge on any atom is -0.492 e. The summed E-state index contributed by atoms with van der Waals surface area (Å²) in [6, 6.07) is 15.5. The summed E-state index contributed by atoms with van der Waals surface area (Å²) in [5.41, 5.74) is 2.52. The summed E-state index contributed by atoms with van der Waals surface area (Å²) in [5, 5.41) is 12.5. The summed E-state index contributed by atoms with van der Waals surface area (Å²) in [5.74, 6) is -0.266. The third kappa shape index (κ3) is 3.23. The van der Waals surface area contributed by atoms with Gasteiger partial charge < -0.3 is 15.2 Å². The second-order valence-electron chi connectivity index (χ2n) is 5.21. The van der Waals surface area contributed by atoms with Gasteiger partial charge in [0.2, 0.25) is 0 Å². The lowest BCUT2D eigenvalue weighted by Gasteiger charge is -2.15. The minimum absolute atomic E-state index is 0.216. The van der Waals surface area contributed by atoms with Gasteiger partial charge in [0.05, 0.1) is 5.56 Å². The van der Waals surface area contributed by atoms with Crippen molar-refractivity contribution in [3.05, 3.63) is 65.2 Å². The molecule has 0 aromatic heterocycles. The Morgan fingerprint density at radius 1 is 1.24 bits per heavy atom. The van der Waals surface area contributed by atoms with Gasteiger partial charge in [-0.05, 0) is 24.1 Å².